The van der Waals surface area contributed by atoms with Crippen molar-refractivity contribution in [2.75, 3.05) is 13.7 Å². The average Bonchev–Trinajstić information content (AvgIpc) is 2.60. The molecule has 7 heteroatoms. The van der Waals surface area contributed by atoms with Gasteiger partial charge in [0.2, 0.25) is 0 Å². The van der Waals surface area contributed by atoms with Crippen LogP contribution < -0.4 is 15.6 Å². The van der Waals surface area contributed by atoms with Crippen LogP contribution in [0.1, 0.15) is 15.9 Å². The summed E-state index contributed by atoms with van der Waals surface area (Å²) in [6.45, 7) is 0.0935. The van der Waals surface area contributed by atoms with Gasteiger partial charge in [0.05, 0.1) is 19.3 Å². The SMILES string of the molecule is COc1cccc(COCC(=O)NNC(=O)c2ccccc2Br)c1. The molecule has 0 bridgehead atoms. The van der Waals surface area contributed by atoms with Gasteiger partial charge in [-0.2, -0.15) is 0 Å². The van der Waals surface area contributed by atoms with E-state index in [4.69, 9.17) is 9.47 Å². The van der Waals surface area contributed by atoms with Gasteiger partial charge in [0.25, 0.3) is 11.8 Å². The third-order valence-corrected chi connectivity index (χ3v) is 3.76. The Bertz CT molecular complexity index is 721. The van der Waals surface area contributed by atoms with Crippen molar-refractivity contribution < 1.29 is 19.1 Å². The fourth-order valence-electron chi connectivity index (χ4n) is 1.90. The van der Waals surface area contributed by atoms with Crippen LogP contribution in [-0.4, -0.2) is 25.5 Å². The number of carbonyl (C=O) groups is 2. The van der Waals surface area contributed by atoms with Gasteiger partial charge in [0, 0.05) is 4.47 Å². The second-order valence-corrected chi connectivity index (χ2v) is 5.68. The minimum absolute atomic E-state index is 0.173. The molecule has 2 rings (SSSR count). The summed E-state index contributed by atoms with van der Waals surface area (Å²) in [7, 11) is 1.58. The van der Waals surface area contributed by atoms with Gasteiger partial charge in [-0.1, -0.05) is 24.3 Å². The minimum atomic E-state index is -0.446. The molecular formula is C17H17BrN2O4. The largest absolute Gasteiger partial charge is 0.497 e. The lowest BCUT2D eigenvalue weighted by molar-refractivity contribution is -0.126. The van der Waals surface area contributed by atoms with Gasteiger partial charge in [-0.05, 0) is 45.8 Å². The van der Waals surface area contributed by atoms with E-state index in [1.54, 1.807) is 31.4 Å². The van der Waals surface area contributed by atoms with Gasteiger partial charge >= 0.3 is 0 Å². The van der Waals surface area contributed by atoms with Gasteiger partial charge in [-0.3, -0.25) is 20.4 Å². The maximum atomic E-state index is 11.9. The average molecular weight is 393 g/mol. The Balaban J connectivity index is 1.73. The quantitative estimate of drug-likeness (QED) is 0.740. The molecule has 6 nitrogen and oxygen atoms in total. The lowest BCUT2D eigenvalue weighted by Gasteiger charge is -2.09. The minimum Gasteiger partial charge on any atom is -0.497 e. The van der Waals surface area contributed by atoms with Crippen LogP contribution >= 0.6 is 15.9 Å². The molecule has 2 amide bonds. The molecule has 0 aromatic heterocycles. The maximum absolute atomic E-state index is 11.9. The molecule has 0 saturated heterocycles. The van der Waals surface area contributed by atoms with Crippen LogP contribution in [0, 0.1) is 0 Å². The summed E-state index contributed by atoms with van der Waals surface area (Å²) in [6.07, 6.45) is 0. The Hall–Kier alpha value is -2.38. The van der Waals surface area contributed by atoms with E-state index >= 15 is 0 Å². The molecule has 0 saturated carbocycles. The number of ether oxygens (including phenoxy) is 2. The molecule has 2 aromatic rings. The Morgan fingerprint density at radius 1 is 1.08 bits per heavy atom. The summed E-state index contributed by atoms with van der Waals surface area (Å²) >= 11 is 3.27. The molecule has 0 heterocycles. The summed E-state index contributed by atoms with van der Waals surface area (Å²) in [4.78, 5) is 23.6. The second kappa shape index (κ2) is 9.05. The maximum Gasteiger partial charge on any atom is 0.270 e. The standard InChI is InChI=1S/C17H17BrN2O4/c1-23-13-6-4-5-12(9-13)10-24-11-16(21)19-20-17(22)14-7-2-3-8-15(14)18/h2-9H,10-11H2,1H3,(H,19,21)(H,20,22). The highest BCUT2D eigenvalue weighted by Gasteiger charge is 2.10. The Kier molecular flexibility index (Phi) is 6.77. The zero-order valence-electron chi connectivity index (χ0n) is 13.0. The second-order valence-electron chi connectivity index (χ2n) is 4.83. The van der Waals surface area contributed by atoms with E-state index in [-0.39, 0.29) is 13.2 Å². The van der Waals surface area contributed by atoms with Crippen molar-refractivity contribution in [3.63, 3.8) is 0 Å². The number of halogens is 1. The van der Waals surface area contributed by atoms with Crippen molar-refractivity contribution in [1.82, 2.24) is 10.9 Å². The number of benzene rings is 2. The summed E-state index contributed by atoms with van der Waals surface area (Å²) in [5.41, 5.74) is 5.96. The lowest BCUT2D eigenvalue weighted by atomic mass is 10.2. The molecule has 0 unspecified atom stereocenters. The highest BCUT2D eigenvalue weighted by molar-refractivity contribution is 9.10. The van der Waals surface area contributed by atoms with E-state index in [2.05, 4.69) is 26.8 Å². The van der Waals surface area contributed by atoms with Crippen LogP contribution in [0.25, 0.3) is 0 Å². The fourth-order valence-corrected chi connectivity index (χ4v) is 2.36. The highest BCUT2D eigenvalue weighted by atomic mass is 79.9. The van der Waals surface area contributed by atoms with Gasteiger partial charge in [0.1, 0.15) is 12.4 Å². The number of hydrogen-bond donors (Lipinski definition) is 2. The molecule has 24 heavy (non-hydrogen) atoms. The van der Waals surface area contributed by atoms with Crippen molar-refractivity contribution in [2.45, 2.75) is 6.61 Å². The zero-order chi connectivity index (χ0) is 17.4. The molecule has 0 aliphatic carbocycles. The van der Waals surface area contributed by atoms with E-state index in [0.717, 1.165) is 11.3 Å². The molecule has 2 aromatic carbocycles. The number of methoxy groups -OCH3 is 1. The summed E-state index contributed by atoms with van der Waals surface area (Å²) in [5.74, 6) is -0.136. The van der Waals surface area contributed by atoms with E-state index < -0.39 is 11.8 Å². The van der Waals surface area contributed by atoms with E-state index in [0.29, 0.717) is 10.0 Å². The highest BCUT2D eigenvalue weighted by Crippen LogP contribution is 2.15. The van der Waals surface area contributed by atoms with Crippen molar-refractivity contribution in [3.05, 3.63) is 64.1 Å². The summed E-state index contributed by atoms with van der Waals surface area (Å²) in [5, 5.41) is 0. The third kappa shape index (κ3) is 5.36. The first-order valence-corrected chi connectivity index (χ1v) is 7.94. The van der Waals surface area contributed by atoms with Crippen LogP contribution in [0.4, 0.5) is 0 Å². The van der Waals surface area contributed by atoms with Crippen molar-refractivity contribution in [3.8, 4) is 5.75 Å². The summed E-state index contributed by atoms with van der Waals surface area (Å²) < 4.78 is 11.1. The lowest BCUT2D eigenvalue weighted by Crippen LogP contribution is -2.43. The third-order valence-electron chi connectivity index (χ3n) is 3.07. The van der Waals surface area contributed by atoms with Gasteiger partial charge < -0.3 is 9.47 Å². The molecule has 0 spiro atoms. The number of hydrogen-bond acceptors (Lipinski definition) is 4. The molecule has 0 radical (unpaired) electrons. The molecule has 126 valence electrons. The normalized spacial score (nSPS) is 10.1. The van der Waals surface area contributed by atoms with Gasteiger partial charge in [-0.15, -0.1) is 0 Å². The number of hydrazine groups is 1. The molecule has 0 fully saturated rings. The Labute approximate surface area is 148 Å². The van der Waals surface area contributed by atoms with Crippen LogP contribution in [0.5, 0.6) is 5.75 Å². The van der Waals surface area contributed by atoms with Gasteiger partial charge in [0.15, 0.2) is 0 Å². The molecule has 0 atom stereocenters. The zero-order valence-corrected chi connectivity index (χ0v) is 14.6. The number of amides is 2. The van der Waals surface area contributed by atoms with Crippen molar-refractivity contribution in [2.24, 2.45) is 0 Å². The topological polar surface area (TPSA) is 76.7 Å². The molecular weight excluding hydrogens is 376 g/mol. The van der Waals surface area contributed by atoms with Crippen LogP contribution in [0.2, 0.25) is 0 Å². The first-order chi connectivity index (χ1) is 11.6. The van der Waals surface area contributed by atoms with Crippen LogP contribution in [0.3, 0.4) is 0 Å². The number of rotatable bonds is 6. The predicted molar refractivity (Wildman–Crippen MR) is 92.4 cm³/mol. The monoisotopic (exact) mass is 392 g/mol. The number of nitrogens with one attached hydrogen (secondary N) is 2. The predicted octanol–water partition coefficient (Wildman–Crippen LogP) is 2.44. The van der Waals surface area contributed by atoms with E-state index in [1.165, 1.54) is 0 Å². The van der Waals surface area contributed by atoms with Crippen molar-refractivity contribution in [1.29, 1.82) is 0 Å². The number of carbonyl (C=O) groups excluding carboxylic acids is 2. The first kappa shape index (κ1) is 18.0. The van der Waals surface area contributed by atoms with Crippen LogP contribution in [-0.2, 0) is 16.1 Å². The van der Waals surface area contributed by atoms with Crippen molar-refractivity contribution >= 4 is 27.7 Å². The van der Waals surface area contributed by atoms with Crippen LogP contribution in [0.15, 0.2) is 53.0 Å². The molecule has 2 N–H and O–H groups in total. The first-order valence-electron chi connectivity index (χ1n) is 7.14. The Morgan fingerprint density at radius 2 is 1.88 bits per heavy atom. The fraction of sp³-hybridized carbons (Fsp3) is 0.176. The smallest absolute Gasteiger partial charge is 0.270 e. The van der Waals surface area contributed by atoms with E-state index in [1.807, 2.05) is 24.3 Å². The van der Waals surface area contributed by atoms with E-state index in [9.17, 15) is 9.59 Å². The Morgan fingerprint density at radius 3 is 2.62 bits per heavy atom. The molecule has 0 aliphatic heterocycles. The molecule has 0 aliphatic rings. The summed E-state index contributed by atoms with van der Waals surface area (Å²) in [6, 6.07) is 14.3. The van der Waals surface area contributed by atoms with Gasteiger partial charge in [-0.25, -0.2) is 0 Å².